The van der Waals surface area contributed by atoms with Crippen LogP contribution in [0.15, 0.2) is 48.4 Å². The van der Waals surface area contributed by atoms with Gasteiger partial charge in [-0.2, -0.15) is 0 Å². The summed E-state index contributed by atoms with van der Waals surface area (Å²) in [6, 6.07) is 10.0. The van der Waals surface area contributed by atoms with Crippen molar-refractivity contribution in [1.82, 2.24) is 9.88 Å². The topological polar surface area (TPSA) is 62.3 Å². The molecule has 0 saturated heterocycles. The quantitative estimate of drug-likeness (QED) is 0.794. The number of benzene rings is 1. The van der Waals surface area contributed by atoms with Gasteiger partial charge in [-0.1, -0.05) is 36.4 Å². The molecule has 23 heavy (non-hydrogen) atoms. The van der Waals surface area contributed by atoms with Crippen molar-refractivity contribution in [3.8, 4) is 0 Å². The molecule has 0 saturated carbocycles. The van der Waals surface area contributed by atoms with Gasteiger partial charge < -0.3 is 10.2 Å². The van der Waals surface area contributed by atoms with Crippen molar-refractivity contribution in [2.75, 3.05) is 18.4 Å². The molecule has 0 radical (unpaired) electrons. The fourth-order valence-electron chi connectivity index (χ4n) is 2.08. The Kier molecular flexibility index (Phi) is 6.05. The highest BCUT2D eigenvalue weighted by molar-refractivity contribution is 7.14. The number of anilines is 1. The number of hydrogen-bond acceptors (Lipinski definition) is 4. The van der Waals surface area contributed by atoms with Crippen LogP contribution in [0.3, 0.4) is 0 Å². The molecule has 2 amide bonds. The zero-order valence-electron chi connectivity index (χ0n) is 13.0. The van der Waals surface area contributed by atoms with E-state index in [-0.39, 0.29) is 11.8 Å². The molecule has 0 aliphatic heterocycles. The first-order chi connectivity index (χ1) is 11.1. The molecule has 6 heteroatoms. The first-order valence-electron chi connectivity index (χ1n) is 7.27. The molecular formula is C17H19N3O2S. The molecule has 0 atom stereocenters. The Labute approximate surface area is 139 Å². The second-order valence-electron chi connectivity index (χ2n) is 4.99. The van der Waals surface area contributed by atoms with Crippen LogP contribution in [-0.2, 0) is 11.2 Å². The number of nitrogens with zero attached hydrogens (tertiary/aromatic N) is 2. The summed E-state index contributed by atoms with van der Waals surface area (Å²) in [5.74, 6) is -0.362. The summed E-state index contributed by atoms with van der Waals surface area (Å²) in [5.41, 5.74) is 1.51. The van der Waals surface area contributed by atoms with Gasteiger partial charge >= 0.3 is 0 Å². The van der Waals surface area contributed by atoms with E-state index in [2.05, 4.69) is 16.9 Å². The van der Waals surface area contributed by atoms with Gasteiger partial charge in [0.1, 0.15) is 5.69 Å². The minimum atomic E-state index is -0.203. The fraction of sp³-hybridized carbons (Fsp3) is 0.235. The van der Waals surface area contributed by atoms with Gasteiger partial charge in [-0.3, -0.25) is 9.59 Å². The molecule has 0 aliphatic rings. The van der Waals surface area contributed by atoms with Gasteiger partial charge in [-0.25, -0.2) is 4.98 Å². The van der Waals surface area contributed by atoms with Gasteiger partial charge in [0.05, 0.1) is 0 Å². The Morgan fingerprint density at radius 2 is 2.09 bits per heavy atom. The Hall–Kier alpha value is -2.47. The first-order valence-corrected chi connectivity index (χ1v) is 8.15. The lowest BCUT2D eigenvalue weighted by molar-refractivity contribution is -0.114. The monoisotopic (exact) mass is 329 g/mol. The summed E-state index contributed by atoms with van der Waals surface area (Å²) in [4.78, 5) is 29.5. The second kappa shape index (κ2) is 8.24. The third-order valence-electron chi connectivity index (χ3n) is 3.16. The highest BCUT2D eigenvalue weighted by Crippen LogP contribution is 2.17. The van der Waals surface area contributed by atoms with E-state index in [9.17, 15) is 9.59 Å². The zero-order chi connectivity index (χ0) is 16.7. The van der Waals surface area contributed by atoms with Crippen molar-refractivity contribution in [2.24, 2.45) is 0 Å². The average Bonchev–Trinajstić information content (AvgIpc) is 2.99. The molecule has 0 unspecified atom stereocenters. The van der Waals surface area contributed by atoms with Crippen molar-refractivity contribution in [3.05, 3.63) is 59.6 Å². The number of rotatable bonds is 7. The van der Waals surface area contributed by atoms with Crippen LogP contribution < -0.4 is 5.32 Å². The lowest BCUT2D eigenvalue weighted by Gasteiger charge is -2.20. The highest BCUT2D eigenvalue weighted by atomic mass is 32.1. The van der Waals surface area contributed by atoms with E-state index in [0.717, 1.165) is 6.42 Å². The zero-order valence-corrected chi connectivity index (χ0v) is 13.8. The maximum absolute atomic E-state index is 12.6. The molecule has 0 bridgehead atoms. The Morgan fingerprint density at radius 1 is 1.35 bits per heavy atom. The van der Waals surface area contributed by atoms with E-state index < -0.39 is 0 Å². The average molecular weight is 329 g/mol. The van der Waals surface area contributed by atoms with Crippen LogP contribution in [0.4, 0.5) is 5.13 Å². The van der Waals surface area contributed by atoms with Crippen LogP contribution in [0.1, 0.15) is 23.0 Å². The van der Waals surface area contributed by atoms with Crippen molar-refractivity contribution in [1.29, 1.82) is 0 Å². The maximum Gasteiger partial charge on any atom is 0.273 e. The van der Waals surface area contributed by atoms with Crippen LogP contribution >= 0.6 is 11.3 Å². The van der Waals surface area contributed by atoms with Crippen molar-refractivity contribution in [2.45, 2.75) is 13.3 Å². The van der Waals surface area contributed by atoms with Crippen LogP contribution in [-0.4, -0.2) is 34.8 Å². The summed E-state index contributed by atoms with van der Waals surface area (Å²) in [6.07, 6.45) is 2.47. The number of hydrogen-bond donors (Lipinski definition) is 1. The first kappa shape index (κ1) is 16.9. The molecule has 1 heterocycles. The number of carbonyl (C=O) groups excluding carboxylic acids is 2. The number of amides is 2. The number of carbonyl (C=O) groups is 2. The second-order valence-corrected chi connectivity index (χ2v) is 5.85. The SMILES string of the molecule is C=CCN(CCc1ccccc1)C(=O)c1csc(NC(C)=O)n1. The maximum atomic E-state index is 12.6. The molecule has 1 aromatic heterocycles. The largest absolute Gasteiger partial charge is 0.333 e. The summed E-state index contributed by atoms with van der Waals surface area (Å²) in [5, 5.41) is 4.68. The minimum Gasteiger partial charge on any atom is -0.333 e. The van der Waals surface area contributed by atoms with Gasteiger partial charge in [-0.05, 0) is 12.0 Å². The van der Waals surface area contributed by atoms with Crippen LogP contribution in [0.25, 0.3) is 0 Å². The smallest absolute Gasteiger partial charge is 0.273 e. The van der Waals surface area contributed by atoms with E-state index >= 15 is 0 Å². The predicted octanol–water partition coefficient (Wildman–Crippen LogP) is 2.97. The van der Waals surface area contributed by atoms with Crippen molar-refractivity contribution < 1.29 is 9.59 Å². The Morgan fingerprint density at radius 3 is 2.74 bits per heavy atom. The number of nitrogens with one attached hydrogen (secondary N) is 1. The van der Waals surface area contributed by atoms with E-state index in [0.29, 0.717) is 23.9 Å². The predicted molar refractivity (Wildman–Crippen MR) is 92.7 cm³/mol. The van der Waals surface area contributed by atoms with Crippen molar-refractivity contribution >= 4 is 28.3 Å². The van der Waals surface area contributed by atoms with Gasteiger partial charge in [0, 0.05) is 25.4 Å². The molecule has 1 aromatic carbocycles. The fourth-order valence-corrected chi connectivity index (χ4v) is 2.81. The van der Waals surface area contributed by atoms with Crippen molar-refractivity contribution in [3.63, 3.8) is 0 Å². The lowest BCUT2D eigenvalue weighted by atomic mass is 10.1. The molecule has 2 aromatic rings. The summed E-state index contributed by atoms with van der Waals surface area (Å²) >= 11 is 1.24. The van der Waals surface area contributed by atoms with Gasteiger partial charge in [0.2, 0.25) is 5.91 Å². The summed E-state index contributed by atoms with van der Waals surface area (Å²) in [6.45, 7) is 6.16. The molecule has 120 valence electrons. The Balaban J connectivity index is 2.04. The molecule has 0 fully saturated rings. The van der Waals surface area contributed by atoms with Gasteiger partial charge in [0.25, 0.3) is 5.91 Å². The molecule has 0 spiro atoms. The van der Waals surface area contributed by atoms with E-state index in [1.807, 2.05) is 30.3 Å². The number of thiazole rings is 1. The summed E-state index contributed by atoms with van der Waals surface area (Å²) in [7, 11) is 0. The normalized spacial score (nSPS) is 10.1. The molecule has 1 N–H and O–H groups in total. The van der Waals surface area contributed by atoms with Crippen LogP contribution in [0.5, 0.6) is 0 Å². The van der Waals surface area contributed by atoms with Gasteiger partial charge in [-0.15, -0.1) is 17.9 Å². The Bertz CT molecular complexity index is 682. The molecule has 0 aliphatic carbocycles. The van der Waals surface area contributed by atoms with Crippen LogP contribution in [0, 0.1) is 0 Å². The minimum absolute atomic E-state index is 0.159. The standard InChI is InChI=1S/C17H19N3O2S/c1-3-10-20(11-9-14-7-5-4-6-8-14)16(22)15-12-23-17(19-15)18-13(2)21/h3-8,12H,1,9-11H2,2H3,(H,18,19,21). The van der Waals surface area contributed by atoms with Gasteiger partial charge in [0.15, 0.2) is 5.13 Å². The van der Waals surface area contributed by atoms with Crippen LogP contribution in [0.2, 0.25) is 0 Å². The summed E-state index contributed by atoms with van der Waals surface area (Å²) < 4.78 is 0. The van der Waals surface area contributed by atoms with E-state index in [4.69, 9.17) is 0 Å². The highest BCUT2D eigenvalue weighted by Gasteiger charge is 2.18. The molecule has 5 nitrogen and oxygen atoms in total. The molecule has 2 rings (SSSR count). The molecular weight excluding hydrogens is 310 g/mol. The third-order valence-corrected chi connectivity index (χ3v) is 3.91. The number of aromatic nitrogens is 1. The van der Waals surface area contributed by atoms with E-state index in [1.165, 1.54) is 23.8 Å². The van der Waals surface area contributed by atoms with E-state index in [1.54, 1.807) is 16.4 Å². The third kappa shape index (κ3) is 5.03. The lowest BCUT2D eigenvalue weighted by Crippen LogP contribution is -2.33.